The van der Waals surface area contributed by atoms with Gasteiger partial charge in [-0.2, -0.15) is 0 Å². The average molecular weight is 655 g/mol. The fourth-order valence-corrected chi connectivity index (χ4v) is 6.50. The highest BCUT2D eigenvalue weighted by Crippen LogP contribution is 2.50. The van der Waals surface area contributed by atoms with Gasteiger partial charge < -0.3 is 52.1 Å². The van der Waals surface area contributed by atoms with Gasteiger partial charge in [-0.25, -0.2) is 4.79 Å². The zero-order valence-corrected chi connectivity index (χ0v) is 27.6. The third kappa shape index (κ3) is 6.16. The number of rotatable bonds is 14. The van der Waals surface area contributed by atoms with Gasteiger partial charge in [-0.15, -0.1) is 0 Å². The van der Waals surface area contributed by atoms with Gasteiger partial charge in [0.1, 0.15) is 36.8 Å². The van der Waals surface area contributed by atoms with Gasteiger partial charge >= 0.3 is 5.97 Å². The number of esters is 1. The fraction of sp³-hybridized carbons (Fsp3) is 0.514. The van der Waals surface area contributed by atoms with E-state index in [0.717, 1.165) is 5.56 Å². The van der Waals surface area contributed by atoms with E-state index in [1.54, 1.807) is 14.2 Å². The first-order valence-electron chi connectivity index (χ1n) is 16.0. The van der Waals surface area contributed by atoms with E-state index in [-0.39, 0.29) is 20.0 Å². The Morgan fingerprint density at radius 3 is 2.13 bits per heavy atom. The molecule has 0 amide bonds. The van der Waals surface area contributed by atoms with Crippen molar-refractivity contribution in [2.75, 3.05) is 54.0 Å². The Morgan fingerprint density at radius 2 is 1.43 bits per heavy atom. The van der Waals surface area contributed by atoms with E-state index in [0.29, 0.717) is 82.6 Å². The van der Waals surface area contributed by atoms with Crippen LogP contribution in [0.3, 0.4) is 0 Å². The lowest BCUT2D eigenvalue weighted by atomic mass is 9.89. The molecule has 0 spiro atoms. The normalized spacial score (nSPS) is 23.1. The predicted octanol–water partition coefficient (Wildman–Crippen LogP) is 5.28. The van der Waals surface area contributed by atoms with E-state index in [4.69, 9.17) is 52.1 Å². The lowest BCUT2D eigenvalue weighted by Gasteiger charge is -2.45. The maximum absolute atomic E-state index is 13.5. The summed E-state index contributed by atoms with van der Waals surface area (Å²) in [5.74, 6) is 2.10. The molecule has 0 saturated carbocycles. The van der Waals surface area contributed by atoms with Crippen molar-refractivity contribution in [1.29, 1.82) is 0 Å². The van der Waals surface area contributed by atoms with Gasteiger partial charge in [0.05, 0.1) is 26.4 Å². The Balaban J connectivity index is 1.54. The molecule has 47 heavy (non-hydrogen) atoms. The third-order valence-electron chi connectivity index (χ3n) is 8.47. The van der Waals surface area contributed by atoms with Crippen molar-refractivity contribution in [3.8, 4) is 39.9 Å². The molecule has 3 aliphatic rings. The number of carbonyl (C=O) groups is 1. The van der Waals surface area contributed by atoms with Crippen LogP contribution in [0.1, 0.15) is 43.6 Å². The fourth-order valence-electron chi connectivity index (χ4n) is 6.50. The Labute approximate surface area is 273 Å². The van der Waals surface area contributed by atoms with E-state index >= 15 is 0 Å². The summed E-state index contributed by atoms with van der Waals surface area (Å²) >= 11 is 0. The molecule has 0 unspecified atom stereocenters. The highest BCUT2D eigenvalue weighted by molar-refractivity contribution is 6.14. The van der Waals surface area contributed by atoms with E-state index in [2.05, 4.69) is 0 Å². The average Bonchev–Trinajstić information content (AvgIpc) is 3.72. The molecule has 6 rings (SSSR count). The Kier molecular flexibility index (Phi) is 10.2. The second kappa shape index (κ2) is 14.5. The van der Waals surface area contributed by atoms with E-state index in [9.17, 15) is 4.79 Å². The number of hydrogen-bond donors (Lipinski definition) is 0. The molecule has 3 aromatic rings. The highest BCUT2D eigenvalue weighted by atomic mass is 16.7. The summed E-state index contributed by atoms with van der Waals surface area (Å²) in [5, 5.41) is 1.34. The largest absolute Gasteiger partial charge is 0.493 e. The van der Waals surface area contributed by atoms with Gasteiger partial charge in [-0.3, -0.25) is 0 Å². The molecule has 3 aliphatic heterocycles. The molecule has 0 radical (unpaired) electrons. The van der Waals surface area contributed by atoms with Crippen LogP contribution in [0.15, 0.2) is 30.3 Å². The molecule has 1 fully saturated rings. The van der Waals surface area contributed by atoms with Crippen LogP contribution < -0.4 is 23.7 Å². The summed E-state index contributed by atoms with van der Waals surface area (Å²) in [6.45, 7) is 9.80. The van der Waals surface area contributed by atoms with Crippen LogP contribution in [-0.2, 0) is 35.0 Å². The Morgan fingerprint density at radius 1 is 0.745 bits per heavy atom. The number of benzene rings is 3. The molecule has 3 heterocycles. The first kappa shape index (κ1) is 33.1. The molecule has 12 nitrogen and oxygen atoms in total. The van der Waals surface area contributed by atoms with Gasteiger partial charge in [0.15, 0.2) is 23.0 Å². The molecular formula is C35H42O12. The number of cyclic esters (lactones) is 1. The maximum atomic E-state index is 13.5. The SMILES string of the molecule is CCOC[C@H]1O[C@@H](Oc2c3c(c(-c4ccc5c(c4)OCO5)c4cc(OC)c(OC)cc24)C(=O)OC3)[C@H](OCC)[C@@H](OCC)[C@H]1OCC. The smallest absolute Gasteiger partial charge is 0.339 e. The zero-order chi connectivity index (χ0) is 33.1. The van der Waals surface area contributed by atoms with Gasteiger partial charge in [0.2, 0.25) is 13.1 Å². The first-order valence-corrected chi connectivity index (χ1v) is 16.0. The van der Waals surface area contributed by atoms with Crippen molar-refractivity contribution in [2.45, 2.75) is 65.0 Å². The Bertz CT molecular complexity index is 1590. The van der Waals surface area contributed by atoms with E-state index in [1.807, 2.05) is 58.0 Å². The number of fused-ring (bicyclic) bond motifs is 3. The van der Waals surface area contributed by atoms with E-state index < -0.39 is 36.7 Å². The maximum Gasteiger partial charge on any atom is 0.339 e. The molecule has 0 bridgehead atoms. The molecule has 12 heteroatoms. The minimum absolute atomic E-state index is 0.00378. The molecular weight excluding hydrogens is 612 g/mol. The highest BCUT2D eigenvalue weighted by Gasteiger charge is 2.50. The van der Waals surface area contributed by atoms with Crippen LogP contribution in [0, 0.1) is 0 Å². The minimum Gasteiger partial charge on any atom is -0.493 e. The van der Waals surface area contributed by atoms with Crippen LogP contribution in [0.2, 0.25) is 0 Å². The molecule has 0 aromatic heterocycles. The second-order valence-electron chi connectivity index (χ2n) is 11.0. The summed E-state index contributed by atoms with van der Waals surface area (Å²) in [4.78, 5) is 13.5. The first-order chi connectivity index (χ1) is 23.0. The standard InChI is InChI=1S/C35H42O12/c1-7-39-17-27-31(40-8-2)32(41-9-3)33(42-10-4)35(46-27)47-30-21-15-25(38-6)24(37-5)14-20(21)28(29-22(30)16-43-34(29)36)19-11-12-23-26(13-19)45-18-44-23/h11-15,27,31-33,35H,7-10,16-18H2,1-6H3/t27-,31+,32+,33-,35+/m1/s1. The van der Waals surface area contributed by atoms with Crippen molar-refractivity contribution < 1.29 is 56.9 Å². The predicted molar refractivity (Wildman–Crippen MR) is 170 cm³/mol. The van der Waals surface area contributed by atoms with Crippen molar-refractivity contribution >= 4 is 16.7 Å². The second-order valence-corrected chi connectivity index (χ2v) is 11.0. The minimum atomic E-state index is -0.957. The molecule has 254 valence electrons. The lowest BCUT2D eigenvalue weighted by Crippen LogP contribution is -2.62. The molecule has 0 N–H and O–H groups in total. The van der Waals surface area contributed by atoms with Gasteiger partial charge in [0, 0.05) is 42.9 Å². The van der Waals surface area contributed by atoms with Gasteiger partial charge in [-0.05, 0) is 62.9 Å². The summed E-state index contributed by atoms with van der Waals surface area (Å²) in [7, 11) is 3.13. The van der Waals surface area contributed by atoms with Crippen LogP contribution >= 0.6 is 0 Å². The summed E-state index contributed by atoms with van der Waals surface area (Å²) < 4.78 is 66.3. The van der Waals surface area contributed by atoms with Crippen LogP contribution in [0.5, 0.6) is 28.7 Å². The van der Waals surface area contributed by atoms with Crippen molar-refractivity contribution in [1.82, 2.24) is 0 Å². The molecule has 3 aromatic carbocycles. The van der Waals surface area contributed by atoms with Crippen LogP contribution in [-0.4, -0.2) is 90.7 Å². The monoisotopic (exact) mass is 654 g/mol. The number of carbonyl (C=O) groups excluding carboxylic acids is 1. The summed E-state index contributed by atoms with van der Waals surface area (Å²) in [6.07, 6.45) is -3.14. The van der Waals surface area contributed by atoms with Gasteiger partial charge in [0.25, 0.3) is 0 Å². The van der Waals surface area contributed by atoms with Crippen molar-refractivity contribution in [2.24, 2.45) is 0 Å². The number of methoxy groups -OCH3 is 2. The molecule has 0 aliphatic carbocycles. The summed E-state index contributed by atoms with van der Waals surface area (Å²) in [5.41, 5.74) is 2.33. The third-order valence-corrected chi connectivity index (χ3v) is 8.47. The van der Waals surface area contributed by atoms with Gasteiger partial charge in [-0.1, -0.05) is 6.07 Å². The summed E-state index contributed by atoms with van der Waals surface area (Å²) in [6, 6.07) is 9.24. The van der Waals surface area contributed by atoms with Crippen LogP contribution in [0.4, 0.5) is 0 Å². The molecule has 5 atom stereocenters. The molecule has 1 saturated heterocycles. The zero-order valence-electron chi connectivity index (χ0n) is 27.6. The topological polar surface area (TPSA) is 119 Å². The Hall–Kier alpha value is -3.81. The number of hydrogen-bond acceptors (Lipinski definition) is 12. The lowest BCUT2D eigenvalue weighted by molar-refractivity contribution is -0.302. The van der Waals surface area contributed by atoms with Crippen molar-refractivity contribution in [3.05, 3.63) is 41.5 Å². The van der Waals surface area contributed by atoms with E-state index in [1.165, 1.54) is 0 Å². The quantitative estimate of drug-likeness (QED) is 0.211. The number of ether oxygens (including phenoxy) is 11. The van der Waals surface area contributed by atoms with Crippen molar-refractivity contribution in [3.63, 3.8) is 0 Å². The van der Waals surface area contributed by atoms with Crippen LogP contribution in [0.25, 0.3) is 21.9 Å².